The molecule has 0 aliphatic rings. The second-order valence-electron chi connectivity index (χ2n) is 7.58. The first-order chi connectivity index (χ1) is 13.1. The van der Waals surface area contributed by atoms with Gasteiger partial charge in [-0.1, -0.05) is 42.5 Å². The van der Waals surface area contributed by atoms with Crippen molar-refractivity contribution in [3.63, 3.8) is 0 Å². The van der Waals surface area contributed by atoms with Crippen molar-refractivity contribution < 1.29 is 10.2 Å². The first-order valence-electron chi connectivity index (χ1n) is 9.53. The van der Waals surface area contributed by atoms with Crippen LogP contribution in [0.15, 0.2) is 54.6 Å². The summed E-state index contributed by atoms with van der Waals surface area (Å²) in [4.78, 5) is 3.56. The summed E-state index contributed by atoms with van der Waals surface area (Å²) in [6.07, 6.45) is 1.87. The van der Waals surface area contributed by atoms with Gasteiger partial charge < -0.3 is 20.5 Å². The van der Waals surface area contributed by atoms with Gasteiger partial charge in [0, 0.05) is 21.8 Å². The highest BCUT2D eigenvalue weighted by atomic mass is 16.3. The Labute approximate surface area is 158 Å². The standard InChI is InChI=1S/C23H26N2O2/c1-23(14-26,15-27)24-12-6-7-16-13-21-22(18-9-3-2-8-17(16)18)19-10-4-5-11-20(19)25-21/h2-5,8-11,13,24-27H,6-7,12,14-15H2,1H3. The summed E-state index contributed by atoms with van der Waals surface area (Å²) in [5.41, 5.74) is 3.04. The van der Waals surface area contributed by atoms with Crippen molar-refractivity contribution in [2.45, 2.75) is 25.3 Å². The van der Waals surface area contributed by atoms with Crippen LogP contribution in [0.2, 0.25) is 0 Å². The molecule has 0 unspecified atom stereocenters. The van der Waals surface area contributed by atoms with E-state index in [0.29, 0.717) is 0 Å². The van der Waals surface area contributed by atoms with Gasteiger partial charge in [0.15, 0.2) is 0 Å². The maximum Gasteiger partial charge on any atom is 0.0633 e. The fraction of sp³-hybridized carbons (Fsp3) is 0.304. The third-order valence-corrected chi connectivity index (χ3v) is 5.47. The van der Waals surface area contributed by atoms with Crippen molar-refractivity contribution >= 4 is 32.6 Å². The summed E-state index contributed by atoms with van der Waals surface area (Å²) in [7, 11) is 0. The van der Waals surface area contributed by atoms with Crippen molar-refractivity contribution in [1.29, 1.82) is 0 Å². The van der Waals surface area contributed by atoms with E-state index in [1.54, 1.807) is 0 Å². The minimum Gasteiger partial charge on any atom is -0.394 e. The van der Waals surface area contributed by atoms with Crippen LogP contribution in [0.25, 0.3) is 32.6 Å². The number of para-hydroxylation sites is 1. The van der Waals surface area contributed by atoms with Gasteiger partial charge in [0.1, 0.15) is 0 Å². The molecule has 4 heteroatoms. The molecule has 0 aliphatic heterocycles. The van der Waals surface area contributed by atoms with Gasteiger partial charge in [-0.25, -0.2) is 0 Å². The second-order valence-corrected chi connectivity index (χ2v) is 7.58. The van der Waals surface area contributed by atoms with Gasteiger partial charge in [0.05, 0.1) is 18.8 Å². The Balaban J connectivity index is 1.67. The van der Waals surface area contributed by atoms with Crippen LogP contribution in [0.3, 0.4) is 0 Å². The second kappa shape index (κ2) is 7.31. The average Bonchev–Trinajstić information content (AvgIpc) is 3.09. The molecule has 4 nitrogen and oxygen atoms in total. The Morgan fingerprint density at radius 2 is 1.56 bits per heavy atom. The van der Waals surface area contributed by atoms with Crippen LogP contribution >= 0.6 is 0 Å². The number of hydrogen-bond donors (Lipinski definition) is 4. The van der Waals surface area contributed by atoms with Crippen LogP contribution in [0.1, 0.15) is 18.9 Å². The quantitative estimate of drug-likeness (QED) is 0.379. The van der Waals surface area contributed by atoms with Gasteiger partial charge in [0.2, 0.25) is 0 Å². The van der Waals surface area contributed by atoms with Crippen LogP contribution in [-0.2, 0) is 6.42 Å². The third-order valence-electron chi connectivity index (χ3n) is 5.47. The monoisotopic (exact) mass is 362 g/mol. The Bertz CT molecular complexity index is 1080. The normalized spacial score (nSPS) is 12.4. The van der Waals surface area contributed by atoms with Crippen molar-refractivity contribution in [2.24, 2.45) is 0 Å². The Kier molecular flexibility index (Phi) is 4.87. The molecule has 0 saturated heterocycles. The van der Waals surface area contributed by atoms with Crippen molar-refractivity contribution in [3.8, 4) is 0 Å². The molecule has 4 N–H and O–H groups in total. The molecule has 0 saturated carbocycles. The Morgan fingerprint density at radius 1 is 0.889 bits per heavy atom. The summed E-state index contributed by atoms with van der Waals surface area (Å²) in [6, 6.07) is 19.3. The lowest BCUT2D eigenvalue weighted by molar-refractivity contribution is 0.104. The molecular weight excluding hydrogens is 336 g/mol. The average molecular weight is 362 g/mol. The van der Waals surface area contributed by atoms with Crippen molar-refractivity contribution in [1.82, 2.24) is 10.3 Å². The number of H-pyrrole nitrogens is 1. The molecule has 0 bridgehead atoms. The van der Waals surface area contributed by atoms with Crippen LogP contribution in [-0.4, -0.2) is 40.5 Å². The number of aliphatic hydroxyl groups is 2. The van der Waals surface area contributed by atoms with E-state index in [0.717, 1.165) is 24.9 Å². The predicted octanol–water partition coefficient (Wildman–Crippen LogP) is 3.74. The summed E-state index contributed by atoms with van der Waals surface area (Å²) >= 11 is 0. The molecule has 0 spiro atoms. The van der Waals surface area contributed by atoms with Crippen LogP contribution in [0.4, 0.5) is 0 Å². The highest BCUT2D eigenvalue weighted by Crippen LogP contribution is 2.34. The predicted molar refractivity (Wildman–Crippen MR) is 112 cm³/mol. The largest absolute Gasteiger partial charge is 0.394 e. The van der Waals surface area contributed by atoms with E-state index >= 15 is 0 Å². The molecule has 1 aromatic heterocycles. The summed E-state index contributed by atoms with van der Waals surface area (Å²) < 4.78 is 0. The molecule has 0 atom stereocenters. The first kappa shape index (κ1) is 18.0. The van der Waals surface area contributed by atoms with Crippen LogP contribution < -0.4 is 5.32 Å². The SMILES string of the molecule is CC(CO)(CO)NCCCc1cc2[nH]c3ccccc3c2c2ccccc12. The molecular formula is C23H26N2O2. The highest BCUT2D eigenvalue weighted by molar-refractivity contribution is 6.20. The van der Waals surface area contributed by atoms with Gasteiger partial charge in [-0.3, -0.25) is 0 Å². The first-order valence-corrected chi connectivity index (χ1v) is 9.53. The zero-order chi connectivity index (χ0) is 18.9. The van der Waals surface area contributed by atoms with Crippen molar-refractivity contribution in [3.05, 3.63) is 60.2 Å². The maximum absolute atomic E-state index is 9.40. The zero-order valence-corrected chi connectivity index (χ0v) is 15.6. The summed E-state index contributed by atoms with van der Waals surface area (Å²) in [5, 5.41) is 27.2. The summed E-state index contributed by atoms with van der Waals surface area (Å²) in [5.74, 6) is 0. The molecule has 0 fully saturated rings. The van der Waals surface area contributed by atoms with E-state index < -0.39 is 5.54 Å². The van der Waals surface area contributed by atoms with E-state index in [1.165, 1.54) is 32.6 Å². The fourth-order valence-electron chi connectivity index (χ4n) is 3.83. The van der Waals surface area contributed by atoms with E-state index in [1.807, 2.05) is 6.92 Å². The van der Waals surface area contributed by atoms with Gasteiger partial charge >= 0.3 is 0 Å². The number of aromatic nitrogens is 1. The van der Waals surface area contributed by atoms with Crippen LogP contribution in [0.5, 0.6) is 0 Å². The minimum atomic E-state index is -0.622. The molecule has 27 heavy (non-hydrogen) atoms. The lowest BCUT2D eigenvalue weighted by Gasteiger charge is -2.26. The molecule has 1 heterocycles. The van der Waals surface area contributed by atoms with Crippen LogP contribution in [0, 0.1) is 0 Å². The molecule has 0 radical (unpaired) electrons. The number of hydrogen-bond acceptors (Lipinski definition) is 3. The fourth-order valence-corrected chi connectivity index (χ4v) is 3.83. The maximum atomic E-state index is 9.40. The highest BCUT2D eigenvalue weighted by Gasteiger charge is 2.20. The number of benzene rings is 3. The van der Waals surface area contributed by atoms with Gasteiger partial charge in [0.25, 0.3) is 0 Å². The lowest BCUT2D eigenvalue weighted by atomic mass is 9.96. The third kappa shape index (κ3) is 3.32. The number of nitrogens with one attached hydrogen (secondary N) is 2. The molecule has 140 valence electrons. The number of aliphatic hydroxyl groups excluding tert-OH is 2. The van der Waals surface area contributed by atoms with E-state index in [4.69, 9.17) is 0 Å². The van der Waals surface area contributed by atoms with Gasteiger partial charge in [-0.2, -0.15) is 0 Å². The lowest BCUT2D eigenvalue weighted by Crippen LogP contribution is -2.49. The van der Waals surface area contributed by atoms with Crippen molar-refractivity contribution in [2.75, 3.05) is 19.8 Å². The van der Waals surface area contributed by atoms with E-state index in [2.05, 4.69) is 64.9 Å². The summed E-state index contributed by atoms with van der Waals surface area (Å²) in [6.45, 7) is 2.43. The van der Waals surface area contributed by atoms with E-state index in [9.17, 15) is 10.2 Å². The molecule has 3 aromatic carbocycles. The van der Waals surface area contributed by atoms with Gasteiger partial charge in [-0.15, -0.1) is 0 Å². The van der Waals surface area contributed by atoms with E-state index in [-0.39, 0.29) is 13.2 Å². The van der Waals surface area contributed by atoms with Gasteiger partial charge in [-0.05, 0) is 54.8 Å². The smallest absolute Gasteiger partial charge is 0.0633 e. The topological polar surface area (TPSA) is 68.3 Å². The minimum absolute atomic E-state index is 0.0759. The Hall–Kier alpha value is -2.40. The number of aromatic amines is 1. The molecule has 4 aromatic rings. The number of aryl methyl sites for hydroxylation is 1. The zero-order valence-electron chi connectivity index (χ0n) is 15.6. The number of fused-ring (bicyclic) bond motifs is 5. The molecule has 0 amide bonds. The molecule has 4 rings (SSSR count). The molecule has 0 aliphatic carbocycles. The Morgan fingerprint density at radius 3 is 2.30 bits per heavy atom. The number of rotatable bonds is 7.